The standard InChI is InChI=1S/C33H29N.C11H10.C10H14/c1-22-9-7-12-25(19-22)34(32-14-8-11-24-10-5-6-13-27(24)32)26-16-18-29-28-17-15-23(2)20-30(28)33(3,4)31(29)21-26;1-9-5-4-7-10-6-2-3-8-11(9)10;1-3-5-10-7-4-6-9(2)8-10/h5-21H,1-4H3;2-8H,1H3;4,6-8H,3,5H2,1-2H3. The minimum absolute atomic E-state index is 0.0380. The van der Waals surface area contributed by atoms with E-state index in [-0.39, 0.29) is 5.41 Å². The number of anilines is 3. The van der Waals surface area contributed by atoms with Crippen LogP contribution in [0.3, 0.4) is 0 Å². The van der Waals surface area contributed by atoms with Gasteiger partial charge in [0, 0.05) is 22.2 Å². The number of hydrogen-bond acceptors (Lipinski definition) is 1. The fourth-order valence-corrected chi connectivity index (χ4v) is 8.12. The third-order valence-corrected chi connectivity index (χ3v) is 11.0. The molecule has 0 aromatic heterocycles. The molecule has 0 aliphatic heterocycles. The lowest BCUT2D eigenvalue weighted by atomic mass is 9.82. The Hall–Kier alpha value is -5.92. The third-order valence-electron chi connectivity index (χ3n) is 11.0. The van der Waals surface area contributed by atoms with Crippen LogP contribution in [0, 0.1) is 27.7 Å². The summed E-state index contributed by atoms with van der Waals surface area (Å²) in [5.74, 6) is 0. The molecular weight excluding hydrogens is 663 g/mol. The van der Waals surface area contributed by atoms with Crippen LogP contribution >= 0.6 is 0 Å². The molecule has 0 amide bonds. The van der Waals surface area contributed by atoms with E-state index in [9.17, 15) is 0 Å². The highest BCUT2D eigenvalue weighted by atomic mass is 15.1. The van der Waals surface area contributed by atoms with Crippen molar-refractivity contribution in [1.29, 1.82) is 0 Å². The molecule has 1 nitrogen and oxygen atoms in total. The summed E-state index contributed by atoms with van der Waals surface area (Å²) < 4.78 is 0. The number of benzene rings is 8. The summed E-state index contributed by atoms with van der Waals surface area (Å²) in [6.07, 6.45) is 2.45. The van der Waals surface area contributed by atoms with Crippen molar-refractivity contribution in [3.05, 3.63) is 209 Å². The van der Waals surface area contributed by atoms with Gasteiger partial charge in [0.2, 0.25) is 0 Å². The van der Waals surface area contributed by atoms with Crippen LogP contribution in [-0.2, 0) is 11.8 Å². The number of nitrogens with zero attached hydrogens (tertiary/aromatic N) is 1. The second-order valence-corrected chi connectivity index (χ2v) is 15.6. The Labute approximate surface area is 328 Å². The predicted molar refractivity (Wildman–Crippen MR) is 240 cm³/mol. The first-order valence-corrected chi connectivity index (χ1v) is 19.7. The van der Waals surface area contributed by atoms with E-state index in [2.05, 4.69) is 223 Å². The summed E-state index contributed by atoms with van der Waals surface area (Å²) in [6, 6.07) is 61.5. The zero-order valence-corrected chi connectivity index (χ0v) is 33.5. The Balaban J connectivity index is 0.000000179. The summed E-state index contributed by atoms with van der Waals surface area (Å²) >= 11 is 0. The minimum atomic E-state index is -0.0380. The SMILES string of the molecule is CCCc1cccc(C)c1.Cc1cccc(N(c2ccc3c(c2)C(C)(C)c2cc(C)ccc2-3)c2cccc3ccccc23)c1.Cc1cccc2ccccc12. The number of hydrogen-bond donors (Lipinski definition) is 0. The molecule has 274 valence electrons. The Morgan fingerprint density at radius 2 is 1.00 bits per heavy atom. The first-order valence-electron chi connectivity index (χ1n) is 19.7. The van der Waals surface area contributed by atoms with Gasteiger partial charge in [-0.05, 0) is 120 Å². The monoisotopic (exact) mass is 715 g/mol. The Bertz CT molecular complexity index is 2580. The first kappa shape index (κ1) is 37.4. The molecule has 0 bridgehead atoms. The highest BCUT2D eigenvalue weighted by Crippen LogP contribution is 2.51. The quantitative estimate of drug-likeness (QED) is 0.171. The number of rotatable bonds is 5. The number of fused-ring (bicyclic) bond motifs is 5. The smallest absolute Gasteiger partial charge is 0.0540 e. The van der Waals surface area contributed by atoms with Crippen LogP contribution in [-0.4, -0.2) is 0 Å². The van der Waals surface area contributed by atoms with Gasteiger partial charge >= 0.3 is 0 Å². The van der Waals surface area contributed by atoms with Gasteiger partial charge in [-0.1, -0.05) is 178 Å². The van der Waals surface area contributed by atoms with Crippen molar-refractivity contribution in [2.75, 3.05) is 4.90 Å². The van der Waals surface area contributed by atoms with Crippen LogP contribution in [0.5, 0.6) is 0 Å². The highest BCUT2D eigenvalue weighted by molar-refractivity contribution is 5.99. The van der Waals surface area contributed by atoms with Gasteiger partial charge in [0.05, 0.1) is 5.69 Å². The van der Waals surface area contributed by atoms with E-state index in [4.69, 9.17) is 0 Å². The van der Waals surface area contributed by atoms with Gasteiger partial charge in [0.1, 0.15) is 0 Å². The molecule has 0 radical (unpaired) electrons. The van der Waals surface area contributed by atoms with Crippen LogP contribution in [0.4, 0.5) is 17.1 Å². The van der Waals surface area contributed by atoms with Gasteiger partial charge in [0.15, 0.2) is 0 Å². The molecule has 0 unspecified atom stereocenters. The lowest BCUT2D eigenvalue weighted by molar-refractivity contribution is 0.660. The van der Waals surface area contributed by atoms with E-state index in [1.807, 2.05) is 0 Å². The molecule has 0 heterocycles. The minimum Gasteiger partial charge on any atom is -0.310 e. The van der Waals surface area contributed by atoms with Crippen LogP contribution in [0.15, 0.2) is 170 Å². The molecule has 1 aliphatic rings. The molecule has 9 rings (SSSR count). The van der Waals surface area contributed by atoms with E-state index >= 15 is 0 Å². The maximum atomic E-state index is 2.42. The zero-order valence-electron chi connectivity index (χ0n) is 33.5. The maximum Gasteiger partial charge on any atom is 0.0540 e. The van der Waals surface area contributed by atoms with E-state index in [0.29, 0.717) is 0 Å². The zero-order chi connectivity index (χ0) is 38.5. The van der Waals surface area contributed by atoms with Crippen LogP contribution in [0.25, 0.3) is 32.7 Å². The lowest BCUT2D eigenvalue weighted by Crippen LogP contribution is -2.17. The van der Waals surface area contributed by atoms with Crippen molar-refractivity contribution in [2.45, 2.75) is 66.7 Å². The molecule has 0 N–H and O–H groups in total. The van der Waals surface area contributed by atoms with Crippen LogP contribution < -0.4 is 4.90 Å². The normalized spacial score (nSPS) is 12.2. The van der Waals surface area contributed by atoms with E-state index in [1.54, 1.807) is 0 Å². The lowest BCUT2D eigenvalue weighted by Gasteiger charge is -2.29. The fourth-order valence-electron chi connectivity index (χ4n) is 8.12. The second-order valence-electron chi connectivity index (χ2n) is 15.6. The Kier molecular flexibility index (Phi) is 11.0. The Morgan fingerprint density at radius 1 is 0.455 bits per heavy atom. The summed E-state index contributed by atoms with van der Waals surface area (Å²) in [5, 5.41) is 5.19. The van der Waals surface area contributed by atoms with Crippen LogP contribution in [0.2, 0.25) is 0 Å². The molecule has 8 aromatic carbocycles. The summed E-state index contributed by atoms with van der Waals surface area (Å²) in [6.45, 7) is 15.6. The van der Waals surface area contributed by atoms with E-state index in [0.717, 1.165) is 0 Å². The molecule has 0 fully saturated rings. The first-order chi connectivity index (χ1) is 26.6. The van der Waals surface area contributed by atoms with Crippen molar-refractivity contribution in [1.82, 2.24) is 0 Å². The molecular formula is C54H53N. The largest absolute Gasteiger partial charge is 0.310 e. The summed E-state index contributed by atoms with van der Waals surface area (Å²) in [4.78, 5) is 2.42. The van der Waals surface area contributed by atoms with Crippen molar-refractivity contribution in [3.8, 4) is 11.1 Å². The second kappa shape index (κ2) is 16.2. The summed E-state index contributed by atoms with van der Waals surface area (Å²) in [5.41, 5.74) is 15.8. The molecule has 1 aliphatic carbocycles. The topological polar surface area (TPSA) is 3.24 Å². The van der Waals surface area contributed by atoms with Gasteiger partial charge in [-0.2, -0.15) is 0 Å². The average molecular weight is 716 g/mol. The average Bonchev–Trinajstić information content (AvgIpc) is 3.41. The van der Waals surface area contributed by atoms with E-state index in [1.165, 1.54) is 102 Å². The van der Waals surface area contributed by atoms with Gasteiger partial charge in [-0.3, -0.25) is 0 Å². The molecule has 0 atom stereocenters. The molecule has 0 spiro atoms. The molecule has 0 saturated heterocycles. The molecule has 8 aromatic rings. The van der Waals surface area contributed by atoms with Crippen molar-refractivity contribution >= 4 is 38.6 Å². The van der Waals surface area contributed by atoms with Gasteiger partial charge in [-0.25, -0.2) is 0 Å². The summed E-state index contributed by atoms with van der Waals surface area (Å²) in [7, 11) is 0. The van der Waals surface area contributed by atoms with Crippen molar-refractivity contribution < 1.29 is 0 Å². The maximum absolute atomic E-state index is 2.42. The van der Waals surface area contributed by atoms with E-state index < -0.39 is 0 Å². The van der Waals surface area contributed by atoms with Crippen LogP contribution in [0.1, 0.15) is 66.1 Å². The van der Waals surface area contributed by atoms with Gasteiger partial charge in [0.25, 0.3) is 0 Å². The Morgan fingerprint density at radius 3 is 1.69 bits per heavy atom. The highest BCUT2D eigenvalue weighted by Gasteiger charge is 2.36. The predicted octanol–water partition coefficient (Wildman–Crippen LogP) is 15.3. The molecule has 0 saturated carbocycles. The molecule has 1 heteroatoms. The third kappa shape index (κ3) is 7.98. The van der Waals surface area contributed by atoms with Crippen molar-refractivity contribution in [2.24, 2.45) is 0 Å². The molecule has 55 heavy (non-hydrogen) atoms. The van der Waals surface area contributed by atoms with Crippen molar-refractivity contribution in [3.63, 3.8) is 0 Å². The number of aryl methyl sites for hydroxylation is 5. The van der Waals surface area contributed by atoms with Gasteiger partial charge < -0.3 is 4.90 Å². The van der Waals surface area contributed by atoms with Gasteiger partial charge in [-0.15, -0.1) is 0 Å². The fraction of sp³-hybridized carbons (Fsp3) is 0.185.